The number of aromatic nitrogens is 1. The number of carboxylic acids is 1. The fourth-order valence-electron chi connectivity index (χ4n) is 2.19. The van der Waals surface area contributed by atoms with Crippen molar-refractivity contribution < 1.29 is 28.6 Å². The van der Waals surface area contributed by atoms with Crippen molar-refractivity contribution in [1.29, 1.82) is 0 Å². The number of hydrogen-bond donors (Lipinski definition) is 3. The smallest absolute Gasteiger partial charge is 0.408 e. The van der Waals surface area contributed by atoms with Crippen molar-refractivity contribution in [2.24, 2.45) is 5.73 Å². The van der Waals surface area contributed by atoms with E-state index < -0.39 is 29.6 Å². The number of primary amides is 1. The lowest BCUT2D eigenvalue weighted by Crippen LogP contribution is -2.44. The molecule has 9 nitrogen and oxygen atoms in total. The number of carbonyl (C=O) groups is 3. The minimum atomic E-state index is -1.18. The van der Waals surface area contributed by atoms with Gasteiger partial charge in [0.2, 0.25) is 5.89 Å². The monoisotopic (exact) mass is 375 g/mol. The minimum absolute atomic E-state index is 0.0154. The maximum atomic E-state index is 11.8. The molecule has 27 heavy (non-hydrogen) atoms. The molecule has 9 heteroatoms. The topological polar surface area (TPSA) is 145 Å². The number of rotatable bonds is 6. The van der Waals surface area contributed by atoms with Gasteiger partial charge in [-0.25, -0.2) is 14.6 Å². The van der Waals surface area contributed by atoms with Crippen LogP contribution in [0.15, 0.2) is 34.9 Å². The number of alkyl carbamates (subject to hydrolysis) is 1. The Balaban J connectivity index is 2.07. The van der Waals surface area contributed by atoms with Crippen LogP contribution in [0.25, 0.3) is 11.5 Å². The number of aliphatic carboxylic acids is 1. The van der Waals surface area contributed by atoms with Crippen LogP contribution in [-0.4, -0.2) is 39.7 Å². The molecule has 0 aliphatic heterocycles. The third kappa shape index (κ3) is 5.84. The summed E-state index contributed by atoms with van der Waals surface area (Å²) in [6.45, 7) is 5.06. The van der Waals surface area contributed by atoms with E-state index in [0.717, 1.165) is 6.26 Å². The highest BCUT2D eigenvalue weighted by atomic mass is 16.6. The van der Waals surface area contributed by atoms with Gasteiger partial charge in [0.25, 0.3) is 5.91 Å². The number of nitrogens with one attached hydrogen (secondary N) is 1. The molecule has 0 unspecified atom stereocenters. The van der Waals surface area contributed by atoms with E-state index in [4.69, 9.17) is 14.9 Å². The summed E-state index contributed by atoms with van der Waals surface area (Å²) in [6.07, 6.45) is 0.425. The molecule has 0 fully saturated rings. The van der Waals surface area contributed by atoms with Crippen LogP contribution in [0.5, 0.6) is 0 Å². The van der Waals surface area contributed by atoms with Crippen LogP contribution >= 0.6 is 0 Å². The summed E-state index contributed by atoms with van der Waals surface area (Å²) in [5.74, 6) is -1.65. The average molecular weight is 375 g/mol. The number of amides is 2. The van der Waals surface area contributed by atoms with Crippen molar-refractivity contribution in [3.05, 3.63) is 41.8 Å². The molecule has 1 aromatic carbocycles. The lowest BCUT2D eigenvalue weighted by Gasteiger charge is -2.22. The van der Waals surface area contributed by atoms with Gasteiger partial charge in [-0.1, -0.05) is 12.1 Å². The number of hydrogen-bond acceptors (Lipinski definition) is 6. The molecule has 1 aromatic heterocycles. The first kappa shape index (κ1) is 20.0. The van der Waals surface area contributed by atoms with E-state index in [1.807, 2.05) is 0 Å². The molecule has 0 radical (unpaired) electrons. The molecule has 144 valence electrons. The Morgan fingerprint density at radius 3 is 2.37 bits per heavy atom. The summed E-state index contributed by atoms with van der Waals surface area (Å²) < 4.78 is 10.3. The lowest BCUT2D eigenvalue weighted by molar-refractivity contribution is -0.139. The van der Waals surface area contributed by atoms with E-state index in [1.165, 1.54) is 0 Å². The molecule has 0 saturated carbocycles. The molecule has 0 bridgehead atoms. The summed E-state index contributed by atoms with van der Waals surface area (Å²) in [7, 11) is 0. The SMILES string of the molecule is CC(C)(C)OC(=O)N[C@@H](Cc1ccc(-c2nc(C(N)=O)co2)cc1)C(=O)O. The van der Waals surface area contributed by atoms with Gasteiger partial charge in [-0.3, -0.25) is 4.79 Å². The van der Waals surface area contributed by atoms with E-state index in [1.54, 1.807) is 45.0 Å². The lowest BCUT2D eigenvalue weighted by atomic mass is 10.0. The fraction of sp³-hybridized carbons (Fsp3) is 0.333. The van der Waals surface area contributed by atoms with Gasteiger partial charge in [0.15, 0.2) is 5.69 Å². The van der Waals surface area contributed by atoms with Crippen molar-refractivity contribution in [1.82, 2.24) is 10.3 Å². The average Bonchev–Trinajstić information content (AvgIpc) is 3.03. The van der Waals surface area contributed by atoms with Crippen LogP contribution in [0.4, 0.5) is 4.79 Å². The normalized spacial score (nSPS) is 12.3. The number of benzene rings is 1. The summed E-state index contributed by atoms with van der Waals surface area (Å²) in [6, 6.07) is 5.54. The quantitative estimate of drug-likeness (QED) is 0.699. The van der Waals surface area contributed by atoms with Crippen molar-refractivity contribution >= 4 is 18.0 Å². The zero-order chi connectivity index (χ0) is 20.2. The second-order valence-electron chi connectivity index (χ2n) is 6.84. The largest absolute Gasteiger partial charge is 0.480 e. The summed E-state index contributed by atoms with van der Waals surface area (Å²) in [4.78, 5) is 38.2. The number of nitrogens with two attached hydrogens (primary N) is 1. The van der Waals surface area contributed by atoms with Crippen molar-refractivity contribution in [2.75, 3.05) is 0 Å². The van der Waals surface area contributed by atoms with E-state index in [0.29, 0.717) is 11.1 Å². The first-order valence-corrected chi connectivity index (χ1v) is 8.12. The number of ether oxygens (including phenoxy) is 1. The van der Waals surface area contributed by atoms with E-state index in [-0.39, 0.29) is 18.0 Å². The molecule has 4 N–H and O–H groups in total. The Morgan fingerprint density at radius 2 is 1.89 bits per heavy atom. The third-order valence-corrected chi connectivity index (χ3v) is 3.39. The summed E-state index contributed by atoms with van der Waals surface area (Å²) in [5.41, 5.74) is 5.68. The highest BCUT2D eigenvalue weighted by molar-refractivity contribution is 5.90. The zero-order valence-corrected chi connectivity index (χ0v) is 15.2. The molecule has 2 aromatic rings. The maximum absolute atomic E-state index is 11.8. The van der Waals surface area contributed by atoms with E-state index >= 15 is 0 Å². The first-order valence-electron chi connectivity index (χ1n) is 8.12. The molecule has 2 amide bonds. The minimum Gasteiger partial charge on any atom is -0.480 e. The summed E-state index contributed by atoms with van der Waals surface area (Å²) >= 11 is 0. The van der Waals surface area contributed by atoms with Gasteiger partial charge in [0.05, 0.1) is 0 Å². The fourth-order valence-corrected chi connectivity index (χ4v) is 2.19. The highest BCUT2D eigenvalue weighted by Crippen LogP contribution is 2.20. The predicted octanol–water partition coefficient (Wildman–Crippen LogP) is 1.96. The molecule has 0 saturated heterocycles. The first-order chi connectivity index (χ1) is 12.5. The maximum Gasteiger partial charge on any atom is 0.408 e. The molecule has 1 atom stereocenters. The molecular weight excluding hydrogens is 354 g/mol. The molecule has 2 rings (SSSR count). The number of carboxylic acid groups (broad SMARTS) is 1. The molecule has 0 spiro atoms. The second kappa shape index (κ2) is 7.90. The van der Waals surface area contributed by atoms with Crippen LogP contribution in [0.2, 0.25) is 0 Å². The standard InChI is InChI=1S/C18H21N3O6/c1-18(2,3)27-17(25)21-12(16(23)24)8-10-4-6-11(7-5-10)15-20-13(9-26-15)14(19)22/h4-7,9,12H,8H2,1-3H3,(H2,19,22)(H,21,25)(H,23,24)/t12-/m0/s1. The van der Waals surface area contributed by atoms with Crippen LogP contribution in [0.1, 0.15) is 36.8 Å². The van der Waals surface area contributed by atoms with Crippen molar-refractivity contribution in [2.45, 2.75) is 38.8 Å². The van der Waals surface area contributed by atoms with Crippen molar-refractivity contribution in [3.63, 3.8) is 0 Å². The van der Waals surface area contributed by atoms with E-state index in [9.17, 15) is 19.5 Å². The molecule has 0 aliphatic rings. The van der Waals surface area contributed by atoms with Crippen LogP contribution < -0.4 is 11.1 Å². The Kier molecular flexibility index (Phi) is 5.84. The zero-order valence-electron chi connectivity index (χ0n) is 15.2. The van der Waals surface area contributed by atoms with Gasteiger partial charge in [-0.05, 0) is 38.5 Å². The van der Waals surface area contributed by atoms with Crippen LogP contribution in [-0.2, 0) is 16.0 Å². The van der Waals surface area contributed by atoms with E-state index in [2.05, 4.69) is 10.3 Å². The van der Waals surface area contributed by atoms with Gasteiger partial charge in [-0.15, -0.1) is 0 Å². The Morgan fingerprint density at radius 1 is 1.26 bits per heavy atom. The van der Waals surface area contributed by atoms with Gasteiger partial charge in [0.1, 0.15) is 17.9 Å². The van der Waals surface area contributed by atoms with Gasteiger partial charge < -0.3 is 25.3 Å². The Bertz CT molecular complexity index is 836. The second-order valence-corrected chi connectivity index (χ2v) is 6.84. The number of nitrogens with zero attached hydrogens (tertiary/aromatic N) is 1. The van der Waals surface area contributed by atoms with Crippen molar-refractivity contribution in [3.8, 4) is 11.5 Å². The molecular formula is C18H21N3O6. The van der Waals surface area contributed by atoms with Crippen LogP contribution in [0, 0.1) is 0 Å². The number of carbonyl (C=O) groups excluding carboxylic acids is 2. The summed E-state index contributed by atoms with van der Waals surface area (Å²) in [5, 5.41) is 11.7. The van der Waals surface area contributed by atoms with Crippen LogP contribution in [0.3, 0.4) is 0 Å². The van der Waals surface area contributed by atoms with Gasteiger partial charge in [-0.2, -0.15) is 0 Å². The Labute approximate surface area is 155 Å². The Hall–Kier alpha value is -3.36. The highest BCUT2D eigenvalue weighted by Gasteiger charge is 2.24. The van der Waals surface area contributed by atoms with Gasteiger partial charge >= 0.3 is 12.1 Å². The number of oxazole rings is 1. The third-order valence-electron chi connectivity index (χ3n) is 3.39. The van der Waals surface area contributed by atoms with Gasteiger partial charge in [0, 0.05) is 12.0 Å². The molecule has 0 aliphatic carbocycles. The molecule has 1 heterocycles. The predicted molar refractivity (Wildman–Crippen MR) is 95.0 cm³/mol.